The first-order valence-corrected chi connectivity index (χ1v) is 9.64. The summed E-state index contributed by atoms with van der Waals surface area (Å²) in [6.07, 6.45) is 0. The summed E-state index contributed by atoms with van der Waals surface area (Å²) in [6.45, 7) is 1.83. The fourth-order valence-electron chi connectivity index (χ4n) is 3.83. The second kappa shape index (κ2) is 7.35. The summed E-state index contributed by atoms with van der Waals surface area (Å²) in [5.74, 6) is -0.539. The molecule has 0 bridgehead atoms. The van der Waals surface area contributed by atoms with Crippen LogP contribution >= 0.6 is 0 Å². The van der Waals surface area contributed by atoms with Crippen molar-refractivity contribution >= 4 is 16.7 Å². The van der Waals surface area contributed by atoms with Crippen LogP contribution in [-0.4, -0.2) is 39.2 Å². The molecule has 1 aliphatic rings. The lowest BCUT2D eigenvalue weighted by Crippen LogP contribution is -2.49. The Hall–Kier alpha value is -3.58. The van der Waals surface area contributed by atoms with Crippen molar-refractivity contribution in [3.8, 4) is 22.8 Å². The second-order valence-electron chi connectivity index (χ2n) is 7.48. The minimum Gasteiger partial charge on any atom is -0.481 e. The minimum absolute atomic E-state index is 0.278. The Labute approximate surface area is 171 Å². The maximum atomic E-state index is 13.2. The summed E-state index contributed by atoms with van der Waals surface area (Å²) < 4.78 is 18.6. The van der Waals surface area contributed by atoms with Crippen LogP contribution in [0, 0.1) is 11.7 Å². The van der Waals surface area contributed by atoms with Gasteiger partial charge in [0.2, 0.25) is 5.82 Å². The van der Waals surface area contributed by atoms with Crippen LogP contribution in [0.15, 0.2) is 65.2 Å². The van der Waals surface area contributed by atoms with Gasteiger partial charge >= 0.3 is 5.97 Å². The zero-order valence-corrected chi connectivity index (χ0v) is 16.0. The van der Waals surface area contributed by atoms with Gasteiger partial charge in [-0.15, -0.1) is 0 Å². The Bertz CT molecular complexity index is 1230. The molecule has 2 heterocycles. The highest BCUT2D eigenvalue weighted by Gasteiger charge is 2.32. The molecule has 5 rings (SSSR count). The number of hydrogen-bond acceptors (Lipinski definition) is 5. The number of carboxylic acids is 1. The number of carboxylic acid groups (broad SMARTS) is 1. The highest BCUT2D eigenvalue weighted by atomic mass is 19.1. The van der Waals surface area contributed by atoms with Gasteiger partial charge in [-0.25, -0.2) is 4.39 Å². The molecule has 1 N–H and O–H groups in total. The molecule has 0 unspecified atom stereocenters. The second-order valence-corrected chi connectivity index (χ2v) is 7.48. The third kappa shape index (κ3) is 3.33. The van der Waals surface area contributed by atoms with E-state index >= 15 is 0 Å². The van der Waals surface area contributed by atoms with Gasteiger partial charge in [0.1, 0.15) is 5.82 Å². The van der Waals surface area contributed by atoms with E-state index in [-0.39, 0.29) is 11.7 Å². The van der Waals surface area contributed by atoms with Crippen molar-refractivity contribution in [3.05, 3.63) is 72.0 Å². The van der Waals surface area contributed by atoms with E-state index in [1.54, 1.807) is 12.1 Å². The molecule has 30 heavy (non-hydrogen) atoms. The van der Waals surface area contributed by atoms with Gasteiger partial charge in [0.25, 0.3) is 5.89 Å². The van der Waals surface area contributed by atoms with Crippen LogP contribution in [0.5, 0.6) is 0 Å². The minimum atomic E-state index is -0.736. The number of aromatic nitrogens is 2. The van der Waals surface area contributed by atoms with Crippen LogP contribution in [0.4, 0.5) is 4.39 Å². The highest BCUT2D eigenvalue weighted by molar-refractivity contribution is 5.97. The normalized spacial score (nSPS) is 14.7. The molecule has 0 atom stereocenters. The summed E-state index contributed by atoms with van der Waals surface area (Å²) in [5.41, 5.74) is 2.63. The van der Waals surface area contributed by atoms with Crippen molar-refractivity contribution in [1.29, 1.82) is 0 Å². The lowest BCUT2D eigenvalue weighted by molar-refractivity contribution is -0.147. The standard InChI is InChI=1S/C23H18FN3O3/c24-17-8-5-14(6-9-17)22-25-21(26-30-22)20-10-7-15(18-3-1-2-4-19(18)20)11-27-12-16(13-27)23(28)29/h1-10,16H,11-13H2,(H,28,29). The Kier molecular flexibility index (Phi) is 4.52. The van der Waals surface area contributed by atoms with E-state index in [2.05, 4.69) is 15.0 Å². The van der Waals surface area contributed by atoms with Gasteiger partial charge in [0.05, 0.1) is 5.92 Å². The number of nitrogens with zero attached hydrogens (tertiary/aromatic N) is 3. The van der Waals surface area contributed by atoms with Crippen LogP contribution in [0.3, 0.4) is 0 Å². The van der Waals surface area contributed by atoms with E-state index in [1.807, 2.05) is 36.4 Å². The van der Waals surface area contributed by atoms with Gasteiger partial charge < -0.3 is 9.63 Å². The average Bonchev–Trinajstić information content (AvgIpc) is 3.20. The predicted octanol–water partition coefficient (Wildman–Crippen LogP) is 4.21. The number of aliphatic carboxylic acids is 1. The van der Waals surface area contributed by atoms with Crippen molar-refractivity contribution in [2.75, 3.05) is 13.1 Å². The van der Waals surface area contributed by atoms with Gasteiger partial charge in [-0.3, -0.25) is 9.69 Å². The molecular formula is C23H18FN3O3. The summed E-state index contributed by atoms with van der Waals surface area (Å²) in [6, 6.07) is 17.9. The number of hydrogen-bond donors (Lipinski definition) is 1. The van der Waals surface area contributed by atoms with Crippen molar-refractivity contribution in [1.82, 2.24) is 15.0 Å². The summed E-state index contributed by atoms with van der Waals surface area (Å²) in [7, 11) is 0. The number of fused-ring (bicyclic) bond motifs is 1. The van der Waals surface area contributed by atoms with Gasteiger partial charge in [-0.2, -0.15) is 4.98 Å². The van der Waals surface area contributed by atoms with Crippen LogP contribution in [0.1, 0.15) is 5.56 Å². The molecule has 1 saturated heterocycles. The maximum Gasteiger partial charge on any atom is 0.309 e. The average molecular weight is 403 g/mol. The Morgan fingerprint density at radius 1 is 1.07 bits per heavy atom. The van der Waals surface area contributed by atoms with Crippen LogP contribution in [-0.2, 0) is 11.3 Å². The summed E-state index contributed by atoms with van der Waals surface area (Å²) >= 11 is 0. The number of carbonyl (C=O) groups is 1. The lowest BCUT2D eigenvalue weighted by atomic mass is 9.95. The van der Waals surface area contributed by atoms with Crippen molar-refractivity contribution in [2.24, 2.45) is 5.92 Å². The van der Waals surface area contributed by atoms with E-state index in [4.69, 9.17) is 9.63 Å². The monoisotopic (exact) mass is 403 g/mol. The fourth-order valence-corrected chi connectivity index (χ4v) is 3.83. The highest BCUT2D eigenvalue weighted by Crippen LogP contribution is 2.32. The molecule has 0 amide bonds. The maximum absolute atomic E-state index is 13.2. The molecule has 3 aromatic carbocycles. The molecule has 4 aromatic rings. The predicted molar refractivity (Wildman–Crippen MR) is 109 cm³/mol. The molecule has 0 spiro atoms. The van der Waals surface area contributed by atoms with Gasteiger partial charge in [0.15, 0.2) is 0 Å². The van der Waals surface area contributed by atoms with E-state index in [0.29, 0.717) is 36.9 Å². The molecule has 1 fully saturated rings. The first-order valence-electron chi connectivity index (χ1n) is 9.64. The summed E-state index contributed by atoms with van der Waals surface area (Å²) in [4.78, 5) is 17.7. The number of likely N-dealkylation sites (tertiary alicyclic amines) is 1. The summed E-state index contributed by atoms with van der Waals surface area (Å²) in [5, 5.41) is 15.3. The number of benzene rings is 3. The third-order valence-electron chi connectivity index (χ3n) is 5.47. The quantitative estimate of drug-likeness (QED) is 0.538. The topological polar surface area (TPSA) is 79.5 Å². The number of rotatable bonds is 5. The van der Waals surface area contributed by atoms with E-state index < -0.39 is 5.97 Å². The fraction of sp³-hybridized carbons (Fsp3) is 0.174. The van der Waals surface area contributed by atoms with Gasteiger partial charge in [0, 0.05) is 30.8 Å². The van der Waals surface area contributed by atoms with Crippen molar-refractivity contribution in [3.63, 3.8) is 0 Å². The van der Waals surface area contributed by atoms with Gasteiger partial charge in [-0.05, 0) is 40.6 Å². The van der Waals surface area contributed by atoms with E-state index in [0.717, 1.165) is 21.9 Å². The Morgan fingerprint density at radius 3 is 2.53 bits per heavy atom. The molecule has 0 aliphatic carbocycles. The molecule has 0 radical (unpaired) electrons. The van der Waals surface area contributed by atoms with Crippen molar-refractivity contribution < 1.29 is 18.8 Å². The molecule has 0 saturated carbocycles. The lowest BCUT2D eigenvalue weighted by Gasteiger charge is -2.36. The van der Waals surface area contributed by atoms with Crippen LogP contribution < -0.4 is 0 Å². The Balaban J connectivity index is 1.46. The molecule has 150 valence electrons. The molecular weight excluding hydrogens is 385 g/mol. The zero-order chi connectivity index (χ0) is 20.7. The molecule has 1 aromatic heterocycles. The van der Waals surface area contributed by atoms with E-state index in [9.17, 15) is 9.18 Å². The first kappa shape index (κ1) is 18.4. The SMILES string of the molecule is O=C(O)C1CN(Cc2ccc(-c3noc(-c4ccc(F)cc4)n3)c3ccccc23)C1. The smallest absolute Gasteiger partial charge is 0.309 e. The van der Waals surface area contributed by atoms with E-state index in [1.165, 1.54) is 12.1 Å². The van der Waals surface area contributed by atoms with Crippen molar-refractivity contribution in [2.45, 2.75) is 6.54 Å². The third-order valence-corrected chi connectivity index (χ3v) is 5.47. The Morgan fingerprint density at radius 2 is 1.80 bits per heavy atom. The zero-order valence-electron chi connectivity index (χ0n) is 16.0. The first-order chi connectivity index (χ1) is 14.6. The van der Waals surface area contributed by atoms with Gasteiger partial charge in [-0.1, -0.05) is 41.6 Å². The molecule has 6 nitrogen and oxygen atoms in total. The molecule has 1 aliphatic heterocycles. The molecule has 7 heteroatoms. The van der Waals surface area contributed by atoms with Crippen LogP contribution in [0.2, 0.25) is 0 Å². The number of halogens is 1. The largest absolute Gasteiger partial charge is 0.481 e. The van der Waals surface area contributed by atoms with Crippen LogP contribution in [0.25, 0.3) is 33.6 Å².